The number of hydrogen-bond donors (Lipinski definition) is 3. The molecule has 0 aliphatic carbocycles. The third-order valence-electron chi connectivity index (χ3n) is 5.96. The second-order valence-electron chi connectivity index (χ2n) is 8.07. The van der Waals surface area contributed by atoms with Gasteiger partial charge in [0.1, 0.15) is 5.82 Å². The Labute approximate surface area is 183 Å². The van der Waals surface area contributed by atoms with Crippen LogP contribution in [-0.4, -0.2) is 52.0 Å². The van der Waals surface area contributed by atoms with Crippen molar-refractivity contribution < 1.29 is 14.0 Å². The van der Waals surface area contributed by atoms with Gasteiger partial charge in [0.05, 0.1) is 5.41 Å². The quantitative estimate of drug-likeness (QED) is 0.568. The van der Waals surface area contributed by atoms with E-state index in [1.54, 1.807) is 30.1 Å². The fourth-order valence-electron chi connectivity index (χ4n) is 4.39. The van der Waals surface area contributed by atoms with Crippen molar-refractivity contribution in [3.05, 3.63) is 76.2 Å². The van der Waals surface area contributed by atoms with E-state index in [2.05, 4.69) is 20.5 Å². The Balaban J connectivity index is 1.58. The number of H-pyrrole nitrogens is 2. The highest BCUT2D eigenvalue weighted by molar-refractivity contribution is 5.91. The molecular weight excluding hydrogens is 413 g/mol. The van der Waals surface area contributed by atoms with Gasteiger partial charge in [0.25, 0.3) is 5.91 Å². The van der Waals surface area contributed by atoms with Gasteiger partial charge in [-0.1, -0.05) is 42.5 Å². The largest absolute Gasteiger partial charge is 0.359 e. The van der Waals surface area contributed by atoms with Crippen LogP contribution in [0.15, 0.2) is 53.3 Å². The molecule has 0 radical (unpaired) electrons. The maximum Gasteiger partial charge on any atom is 0.341 e. The lowest BCUT2D eigenvalue weighted by Gasteiger charge is -2.41. The van der Waals surface area contributed by atoms with Crippen LogP contribution in [0.2, 0.25) is 0 Å². The van der Waals surface area contributed by atoms with Gasteiger partial charge in [-0.05, 0) is 36.5 Å². The zero-order valence-corrected chi connectivity index (χ0v) is 17.7. The van der Waals surface area contributed by atoms with E-state index in [4.69, 9.17) is 0 Å². The predicted octanol–water partition coefficient (Wildman–Crippen LogP) is 2.12. The first kappa shape index (κ1) is 21.5. The number of nitrogens with zero attached hydrogens (tertiary/aromatic N) is 2. The lowest BCUT2D eigenvalue weighted by Crippen LogP contribution is -2.54. The van der Waals surface area contributed by atoms with E-state index in [1.165, 1.54) is 6.07 Å². The minimum Gasteiger partial charge on any atom is -0.359 e. The molecule has 2 heterocycles. The van der Waals surface area contributed by atoms with Crippen molar-refractivity contribution in [3.63, 3.8) is 0 Å². The van der Waals surface area contributed by atoms with Crippen molar-refractivity contribution in [2.24, 2.45) is 5.41 Å². The van der Waals surface area contributed by atoms with Crippen LogP contribution in [0.5, 0.6) is 0 Å². The molecule has 0 unspecified atom stereocenters. The van der Waals surface area contributed by atoms with Crippen molar-refractivity contribution in [3.8, 4) is 11.1 Å². The van der Waals surface area contributed by atoms with Crippen molar-refractivity contribution in [1.82, 2.24) is 25.4 Å². The van der Waals surface area contributed by atoms with Gasteiger partial charge < -0.3 is 10.2 Å². The van der Waals surface area contributed by atoms with Crippen LogP contribution in [0.4, 0.5) is 4.39 Å². The number of rotatable bonds is 5. The lowest BCUT2D eigenvalue weighted by molar-refractivity contribution is -0.133. The summed E-state index contributed by atoms with van der Waals surface area (Å²) in [5, 5.41) is 8.65. The van der Waals surface area contributed by atoms with Crippen molar-refractivity contribution >= 4 is 11.8 Å². The molecule has 0 bridgehead atoms. The van der Waals surface area contributed by atoms with Crippen molar-refractivity contribution in [1.29, 1.82) is 0 Å². The molecule has 3 aromatic rings. The molecule has 1 atom stereocenters. The highest BCUT2D eigenvalue weighted by atomic mass is 19.1. The number of benzene rings is 2. The number of amides is 2. The number of carbonyl (C=O) groups is 2. The molecule has 4 rings (SSSR count). The zero-order valence-electron chi connectivity index (χ0n) is 17.7. The minimum absolute atomic E-state index is 0.0723. The summed E-state index contributed by atoms with van der Waals surface area (Å²) in [6, 6.07) is 14.0. The van der Waals surface area contributed by atoms with Gasteiger partial charge >= 0.3 is 5.69 Å². The van der Waals surface area contributed by atoms with E-state index in [0.717, 1.165) is 11.1 Å². The minimum atomic E-state index is -0.821. The third-order valence-corrected chi connectivity index (χ3v) is 5.96. The zero-order chi connectivity index (χ0) is 22.7. The summed E-state index contributed by atoms with van der Waals surface area (Å²) in [7, 11) is 1.58. The molecular formula is C23H24FN5O3. The average Bonchev–Trinajstić information content (AvgIpc) is 3.25. The summed E-state index contributed by atoms with van der Waals surface area (Å²) in [6.07, 6.45) is 1.68. The second kappa shape index (κ2) is 8.78. The van der Waals surface area contributed by atoms with Gasteiger partial charge in [-0.25, -0.2) is 14.3 Å². The molecule has 2 amide bonds. The van der Waals surface area contributed by atoms with Crippen LogP contribution in [-0.2, 0) is 11.2 Å². The third kappa shape index (κ3) is 4.18. The molecule has 0 saturated carbocycles. The van der Waals surface area contributed by atoms with Gasteiger partial charge in [-0.3, -0.25) is 14.6 Å². The summed E-state index contributed by atoms with van der Waals surface area (Å²) in [5.74, 6) is -0.938. The Kier molecular flexibility index (Phi) is 5.89. The highest BCUT2D eigenvalue weighted by Crippen LogP contribution is 2.35. The van der Waals surface area contributed by atoms with E-state index >= 15 is 0 Å². The predicted molar refractivity (Wildman–Crippen MR) is 116 cm³/mol. The summed E-state index contributed by atoms with van der Waals surface area (Å²) in [5.41, 5.74) is 0.805. The van der Waals surface area contributed by atoms with Gasteiger partial charge in [-0.15, -0.1) is 5.10 Å². The number of aromatic amines is 2. The van der Waals surface area contributed by atoms with Crippen LogP contribution in [0.1, 0.15) is 29.0 Å². The number of halogens is 1. The molecule has 2 aromatic carbocycles. The molecule has 9 heteroatoms. The number of likely N-dealkylation sites (tertiary alicyclic amines) is 1. The summed E-state index contributed by atoms with van der Waals surface area (Å²) in [4.78, 5) is 41.0. The summed E-state index contributed by atoms with van der Waals surface area (Å²) in [6.45, 7) is 0.675. The molecule has 1 aromatic heterocycles. The molecule has 1 saturated heterocycles. The molecule has 1 aliphatic rings. The van der Waals surface area contributed by atoms with Crippen LogP contribution in [0.25, 0.3) is 11.1 Å². The molecule has 0 spiro atoms. The number of hydrogen-bond acceptors (Lipinski definition) is 4. The monoisotopic (exact) mass is 437 g/mol. The Morgan fingerprint density at radius 1 is 1.19 bits per heavy atom. The summed E-state index contributed by atoms with van der Waals surface area (Å²) >= 11 is 0. The number of carbonyl (C=O) groups excluding carboxylic acids is 2. The van der Waals surface area contributed by atoms with Crippen LogP contribution < -0.4 is 11.0 Å². The first-order valence-corrected chi connectivity index (χ1v) is 10.4. The van der Waals surface area contributed by atoms with Crippen LogP contribution >= 0.6 is 0 Å². The average molecular weight is 437 g/mol. The first-order chi connectivity index (χ1) is 15.4. The van der Waals surface area contributed by atoms with E-state index in [-0.39, 0.29) is 24.1 Å². The topological polar surface area (TPSA) is 111 Å². The number of nitrogens with one attached hydrogen (secondary N) is 3. The second-order valence-corrected chi connectivity index (χ2v) is 8.07. The fourth-order valence-corrected chi connectivity index (χ4v) is 4.39. The smallest absolute Gasteiger partial charge is 0.341 e. The maximum atomic E-state index is 14.1. The Morgan fingerprint density at radius 2 is 1.94 bits per heavy atom. The SMILES string of the molecule is CNC(=O)[C@]1(Cc2ccc(-c3ccccc3F)cc2)CCCN(C(=O)c2n[nH]c(=O)[nH]2)C1. The molecule has 8 nitrogen and oxygen atoms in total. The van der Waals surface area contributed by atoms with Crippen molar-refractivity contribution in [2.75, 3.05) is 20.1 Å². The Bertz CT molecular complexity index is 1190. The molecule has 1 fully saturated rings. The first-order valence-electron chi connectivity index (χ1n) is 10.4. The number of piperidine rings is 1. The molecule has 1 aliphatic heterocycles. The number of aromatic nitrogens is 3. The normalized spacial score (nSPS) is 18.4. The van der Waals surface area contributed by atoms with Crippen LogP contribution in [0.3, 0.4) is 0 Å². The van der Waals surface area contributed by atoms with Crippen molar-refractivity contribution in [2.45, 2.75) is 19.3 Å². The van der Waals surface area contributed by atoms with Gasteiger partial charge in [0.2, 0.25) is 11.7 Å². The summed E-state index contributed by atoms with van der Waals surface area (Å²) < 4.78 is 14.1. The maximum absolute atomic E-state index is 14.1. The molecule has 32 heavy (non-hydrogen) atoms. The van der Waals surface area contributed by atoms with Gasteiger partial charge in [-0.2, -0.15) is 0 Å². The van der Waals surface area contributed by atoms with Gasteiger partial charge in [0, 0.05) is 25.7 Å². The Hall–Kier alpha value is -3.75. The van der Waals surface area contributed by atoms with E-state index in [9.17, 15) is 18.8 Å². The van der Waals surface area contributed by atoms with E-state index in [1.807, 2.05) is 24.3 Å². The van der Waals surface area contributed by atoms with E-state index in [0.29, 0.717) is 31.4 Å². The Morgan fingerprint density at radius 3 is 2.59 bits per heavy atom. The van der Waals surface area contributed by atoms with Gasteiger partial charge in [0.15, 0.2) is 0 Å². The van der Waals surface area contributed by atoms with Crippen LogP contribution in [0, 0.1) is 11.2 Å². The lowest BCUT2D eigenvalue weighted by atomic mass is 9.74. The molecule has 3 N–H and O–H groups in total. The standard InChI is InChI=1S/C23H24FN5O3/c1-25-21(31)23(11-4-12-29(14-23)20(30)19-26-22(32)28-27-19)13-15-7-9-16(10-8-15)17-5-2-3-6-18(17)24/h2-3,5-10H,4,11-14H2,1H3,(H,25,31)(H2,26,27,28,32)/t23-/m0/s1. The highest BCUT2D eigenvalue weighted by Gasteiger charge is 2.43. The van der Waals surface area contributed by atoms with E-state index < -0.39 is 17.0 Å². The molecule has 166 valence electrons. The fraction of sp³-hybridized carbons (Fsp3) is 0.304.